The molecule has 0 saturated carbocycles. The summed E-state index contributed by atoms with van der Waals surface area (Å²) in [7, 11) is 4.08. The first kappa shape index (κ1) is 13.9. The van der Waals surface area contributed by atoms with Crippen LogP contribution in [-0.4, -0.2) is 29.8 Å². The lowest BCUT2D eigenvalue weighted by atomic mass is 10.1. The molecule has 1 aromatic heterocycles. The molecule has 0 N–H and O–H groups in total. The van der Waals surface area contributed by atoms with Gasteiger partial charge in [-0.3, -0.25) is 4.79 Å². The molecule has 19 heavy (non-hydrogen) atoms. The first-order chi connectivity index (χ1) is 8.97. The predicted octanol–water partition coefficient (Wildman–Crippen LogP) is 3.38. The third kappa shape index (κ3) is 3.28. The lowest BCUT2D eigenvalue weighted by molar-refractivity contribution is 0.102. The van der Waals surface area contributed by atoms with Crippen LogP contribution in [0.15, 0.2) is 24.3 Å². The van der Waals surface area contributed by atoms with Crippen LogP contribution >= 0.6 is 11.3 Å². The highest BCUT2D eigenvalue weighted by molar-refractivity contribution is 7.14. The third-order valence-electron chi connectivity index (χ3n) is 2.75. The van der Waals surface area contributed by atoms with Crippen LogP contribution < -0.4 is 0 Å². The summed E-state index contributed by atoms with van der Waals surface area (Å²) in [4.78, 5) is 19.1. The molecular formula is C15H18N2OS. The highest BCUT2D eigenvalue weighted by Crippen LogP contribution is 2.29. The van der Waals surface area contributed by atoms with E-state index in [0.29, 0.717) is 0 Å². The molecular weight excluding hydrogens is 256 g/mol. The Balaban J connectivity index is 2.44. The Hall–Kier alpha value is -1.52. The Kier molecular flexibility index (Phi) is 4.12. The molecule has 1 heterocycles. The van der Waals surface area contributed by atoms with Gasteiger partial charge >= 0.3 is 0 Å². The van der Waals surface area contributed by atoms with Gasteiger partial charge in [0.15, 0.2) is 5.78 Å². The second kappa shape index (κ2) is 5.63. The number of nitrogens with zero attached hydrogens (tertiary/aromatic N) is 2. The fourth-order valence-corrected chi connectivity index (χ4v) is 2.88. The molecule has 1 aromatic carbocycles. The highest BCUT2D eigenvalue weighted by atomic mass is 32.1. The molecule has 0 spiro atoms. The predicted molar refractivity (Wildman–Crippen MR) is 79.7 cm³/mol. The van der Waals surface area contributed by atoms with Crippen molar-refractivity contribution in [3.63, 3.8) is 0 Å². The minimum atomic E-state index is 0.0820. The summed E-state index contributed by atoms with van der Waals surface area (Å²) in [6.07, 6.45) is 0. The largest absolute Gasteiger partial charge is 0.305 e. The van der Waals surface area contributed by atoms with Gasteiger partial charge in [0.25, 0.3) is 0 Å². The molecule has 4 heteroatoms. The smallest absolute Gasteiger partial charge is 0.172 e. The Morgan fingerprint density at radius 3 is 2.74 bits per heavy atom. The van der Waals surface area contributed by atoms with Crippen LogP contribution in [0.4, 0.5) is 0 Å². The molecule has 0 aliphatic heterocycles. The van der Waals surface area contributed by atoms with E-state index in [9.17, 15) is 4.79 Å². The van der Waals surface area contributed by atoms with Crippen molar-refractivity contribution in [2.45, 2.75) is 20.4 Å². The van der Waals surface area contributed by atoms with Crippen molar-refractivity contribution in [1.82, 2.24) is 9.88 Å². The summed E-state index contributed by atoms with van der Waals surface area (Å²) in [5.74, 6) is 0.0820. The average Bonchev–Trinajstić information content (AvgIpc) is 2.71. The van der Waals surface area contributed by atoms with Crippen LogP contribution in [0.25, 0.3) is 11.3 Å². The number of carbonyl (C=O) groups is 1. The molecule has 0 radical (unpaired) electrons. The fraction of sp³-hybridized carbons (Fsp3) is 0.333. The van der Waals surface area contributed by atoms with E-state index in [-0.39, 0.29) is 5.78 Å². The number of aryl methyl sites for hydroxylation is 1. The van der Waals surface area contributed by atoms with E-state index in [0.717, 1.165) is 27.7 Å². The Morgan fingerprint density at radius 1 is 1.37 bits per heavy atom. The molecule has 0 bridgehead atoms. The molecule has 0 amide bonds. The van der Waals surface area contributed by atoms with Crippen LogP contribution in [-0.2, 0) is 6.54 Å². The number of ketones is 1. The summed E-state index contributed by atoms with van der Waals surface area (Å²) < 4.78 is 0. The second-order valence-corrected chi connectivity index (χ2v) is 6.11. The fourth-order valence-electron chi connectivity index (χ4n) is 2.04. The van der Waals surface area contributed by atoms with Crippen molar-refractivity contribution in [2.24, 2.45) is 0 Å². The lowest BCUT2D eigenvalue weighted by Gasteiger charge is -2.10. The zero-order valence-corrected chi connectivity index (χ0v) is 12.5. The number of carbonyl (C=O) groups excluding carboxylic acids is 1. The Bertz CT molecular complexity index is 602. The van der Waals surface area contributed by atoms with E-state index in [1.165, 1.54) is 16.9 Å². The number of benzene rings is 1. The van der Waals surface area contributed by atoms with Crippen LogP contribution in [0.2, 0.25) is 0 Å². The van der Waals surface area contributed by atoms with Gasteiger partial charge in [0.05, 0.1) is 15.6 Å². The number of rotatable bonds is 4. The van der Waals surface area contributed by atoms with Gasteiger partial charge in [-0.1, -0.05) is 18.2 Å². The molecule has 2 rings (SSSR count). The van der Waals surface area contributed by atoms with E-state index in [1.54, 1.807) is 6.92 Å². The minimum absolute atomic E-state index is 0.0820. The maximum absolute atomic E-state index is 11.7. The molecule has 0 aliphatic rings. The van der Waals surface area contributed by atoms with Crippen molar-refractivity contribution in [3.8, 4) is 11.3 Å². The topological polar surface area (TPSA) is 33.2 Å². The van der Waals surface area contributed by atoms with E-state index in [1.807, 2.05) is 33.2 Å². The molecule has 0 fully saturated rings. The third-order valence-corrected chi connectivity index (χ3v) is 3.82. The van der Waals surface area contributed by atoms with Crippen LogP contribution in [0.3, 0.4) is 0 Å². The highest BCUT2D eigenvalue weighted by Gasteiger charge is 2.15. The summed E-state index contributed by atoms with van der Waals surface area (Å²) in [6.45, 7) is 4.41. The van der Waals surface area contributed by atoms with E-state index in [2.05, 4.69) is 22.0 Å². The number of aromatic nitrogens is 1. The Labute approximate surface area is 117 Å². The molecule has 100 valence electrons. The van der Waals surface area contributed by atoms with Gasteiger partial charge in [-0.05, 0) is 32.6 Å². The molecule has 0 aliphatic carbocycles. The first-order valence-corrected chi connectivity index (χ1v) is 7.01. The number of hydrogen-bond acceptors (Lipinski definition) is 4. The summed E-state index contributed by atoms with van der Waals surface area (Å²) in [6, 6.07) is 8.24. The number of thiazole rings is 1. The molecule has 0 unspecified atom stereocenters. The summed E-state index contributed by atoms with van der Waals surface area (Å²) in [5, 5.41) is 0.929. The maximum atomic E-state index is 11.7. The van der Waals surface area contributed by atoms with Gasteiger partial charge in [0.2, 0.25) is 0 Å². The van der Waals surface area contributed by atoms with Crippen molar-refractivity contribution in [3.05, 3.63) is 39.7 Å². The monoisotopic (exact) mass is 274 g/mol. The SMILES string of the molecule is CC(=O)c1sc(C)nc1-c1cccc(CN(C)C)c1. The first-order valence-electron chi connectivity index (χ1n) is 6.20. The van der Waals surface area contributed by atoms with Crippen molar-refractivity contribution >= 4 is 17.1 Å². The zero-order valence-electron chi connectivity index (χ0n) is 11.7. The molecule has 0 saturated heterocycles. The van der Waals surface area contributed by atoms with Crippen LogP contribution in [0, 0.1) is 6.92 Å². The summed E-state index contributed by atoms with van der Waals surface area (Å²) in [5.41, 5.74) is 3.06. The van der Waals surface area contributed by atoms with Crippen molar-refractivity contribution in [1.29, 1.82) is 0 Å². The number of Topliss-reactive ketones (excluding diaryl/α,β-unsaturated/α-hetero) is 1. The normalized spacial score (nSPS) is 11.0. The summed E-state index contributed by atoms with van der Waals surface area (Å²) >= 11 is 1.47. The van der Waals surface area contributed by atoms with Crippen LogP contribution in [0.5, 0.6) is 0 Å². The van der Waals surface area contributed by atoms with Gasteiger partial charge in [0, 0.05) is 19.0 Å². The van der Waals surface area contributed by atoms with Crippen molar-refractivity contribution in [2.75, 3.05) is 14.1 Å². The maximum Gasteiger partial charge on any atom is 0.172 e. The molecule has 0 atom stereocenters. The van der Waals surface area contributed by atoms with Gasteiger partial charge in [-0.15, -0.1) is 11.3 Å². The van der Waals surface area contributed by atoms with E-state index in [4.69, 9.17) is 0 Å². The minimum Gasteiger partial charge on any atom is -0.305 e. The standard InChI is InChI=1S/C15H18N2OS/c1-10(18)15-14(16-11(2)19-15)13-7-5-6-12(8-13)9-17(3)4/h5-8H,9H2,1-4H3. The number of hydrogen-bond donors (Lipinski definition) is 0. The second-order valence-electron chi connectivity index (χ2n) is 4.90. The van der Waals surface area contributed by atoms with Crippen LogP contribution in [0.1, 0.15) is 27.2 Å². The molecule has 2 aromatic rings. The van der Waals surface area contributed by atoms with Gasteiger partial charge in [-0.25, -0.2) is 4.98 Å². The average molecular weight is 274 g/mol. The van der Waals surface area contributed by atoms with E-state index >= 15 is 0 Å². The molecule has 3 nitrogen and oxygen atoms in total. The van der Waals surface area contributed by atoms with E-state index < -0.39 is 0 Å². The quantitative estimate of drug-likeness (QED) is 0.801. The van der Waals surface area contributed by atoms with Gasteiger partial charge < -0.3 is 4.90 Å². The lowest BCUT2D eigenvalue weighted by Crippen LogP contribution is -2.10. The van der Waals surface area contributed by atoms with Crippen molar-refractivity contribution < 1.29 is 4.79 Å². The zero-order chi connectivity index (χ0) is 14.0. The van der Waals surface area contributed by atoms with Gasteiger partial charge in [-0.2, -0.15) is 0 Å². The van der Waals surface area contributed by atoms with Gasteiger partial charge in [0.1, 0.15) is 0 Å². The Morgan fingerprint density at radius 2 is 2.11 bits per heavy atom.